The zero-order valence-electron chi connectivity index (χ0n) is 26.7. The standard InChI is InChI=1S/C33H40O15/c1-14(2)9-24(36)48-31-15(3)44-32(30(41)28(31)39)43-13-23-26(37)27(38)29(40)33(47-23)45-18-10-19(34)25-20(35)12-21(46-22(25)11-18)16-5-7-17(42-4)8-6-16/h5-8,10-12,14-15,23,26-34,37-41H,9,13H2,1-4H3. The first-order valence-electron chi connectivity index (χ1n) is 15.4. The highest BCUT2D eigenvalue weighted by Gasteiger charge is 2.48. The van der Waals surface area contributed by atoms with Crippen LogP contribution in [0.4, 0.5) is 0 Å². The van der Waals surface area contributed by atoms with Crippen LogP contribution >= 0.6 is 0 Å². The Morgan fingerprint density at radius 2 is 1.56 bits per heavy atom. The number of carbonyl (C=O) groups excluding carboxylic acids is 1. The lowest BCUT2D eigenvalue weighted by Gasteiger charge is -2.43. The summed E-state index contributed by atoms with van der Waals surface area (Å²) in [4.78, 5) is 25.0. The van der Waals surface area contributed by atoms with Crippen molar-refractivity contribution < 1.29 is 68.3 Å². The van der Waals surface area contributed by atoms with Crippen LogP contribution in [0.15, 0.2) is 51.7 Å². The van der Waals surface area contributed by atoms with E-state index in [9.17, 15) is 40.2 Å². The van der Waals surface area contributed by atoms with Gasteiger partial charge in [0.15, 0.2) is 17.8 Å². The summed E-state index contributed by atoms with van der Waals surface area (Å²) in [6.45, 7) is 4.67. The maximum atomic E-state index is 12.9. The Morgan fingerprint density at radius 3 is 2.23 bits per heavy atom. The third-order valence-electron chi connectivity index (χ3n) is 8.12. The molecule has 0 radical (unpaired) electrons. The van der Waals surface area contributed by atoms with Crippen molar-refractivity contribution in [3.63, 3.8) is 0 Å². The number of methoxy groups -OCH3 is 1. The van der Waals surface area contributed by atoms with Gasteiger partial charge in [0.25, 0.3) is 0 Å². The van der Waals surface area contributed by atoms with E-state index in [0.29, 0.717) is 11.3 Å². The molecule has 2 aromatic carbocycles. The van der Waals surface area contributed by atoms with Gasteiger partial charge < -0.3 is 63.5 Å². The van der Waals surface area contributed by atoms with E-state index in [4.69, 9.17) is 32.8 Å². The molecule has 10 atom stereocenters. The highest BCUT2D eigenvalue weighted by atomic mass is 16.7. The van der Waals surface area contributed by atoms with E-state index in [0.717, 1.165) is 6.07 Å². The van der Waals surface area contributed by atoms with Crippen LogP contribution in [0.2, 0.25) is 0 Å². The van der Waals surface area contributed by atoms with Gasteiger partial charge >= 0.3 is 5.97 Å². The summed E-state index contributed by atoms with van der Waals surface area (Å²) in [6.07, 6.45) is -14.8. The van der Waals surface area contributed by atoms with Gasteiger partial charge in [0.05, 0.1) is 19.8 Å². The van der Waals surface area contributed by atoms with Crippen LogP contribution in [0.3, 0.4) is 0 Å². The summed E-state index contributed by atoms with van der Waals surface area (Å²) in [5.41, 5.74) is -0.0101. The van der Waals surface area contributed by atoms with E-state index >= 15 is 0 Å². The van der Waals surface area contributed by atoms with Gasteiger partial charge in [-0.2, -0.15) is 0 Å². The van der Waals surface area contributed by atoms with E-state index in [2.05, 4.69) is 0 Å². The number of hydrogen-bond acceptors (Lipinski definition) is 15. The molecule has 2 aliphatic rings. The zero-order chi connectivity index (χ0) is 34.9. The summed E-state index contributed by atoms with van der Waals surface area (Å²) < 4.78 is 39.1. The van der Waals surface area contributed by atoms with Gasteiger partial charge in [-0.3, -0.25) is 9.59 Å². The highest BCUT2D eigenvalue weighted by molar-refractivity contribution is 5.86. The Labute approximate surface area is 274 Å². The monoisotopic (exact) mass is 676 g/mol. The molecule has 15 heteroatoms. The van der Waals surface area contributed by atoms with Crippen LogP contribution in [0.1, 0.15) is 27.2 Å². The summed E-state index contributed by atoms with van der Waals surface area (Å²) in [5, 5.41) is 63.6. The van der Waals surface area contributed by atoms with Crippen LogP contribution in [0.25, 0.3) is 22.3 Å². The second-order valence-electron chi connectivity index (χ2n) is 12.2. The number of aliphatic hydroxyl groups is 5. The highest BCUT2D eigenvalue weighted by Crippen LogP contribution is 2.34. The summed E-state index contributed by atoms with van der Waals surface area (Å²) in [5.74, 6) is -0.336. The van der Waals surface area contributed by atoms with E-state index in [1.807, 2.05) is 13.8 Å². The third-order valence-corrected chi connectivity index (χ3v) is 8.12. The average Bonchev–Trinajstić information content (AvgIpc) is 3.04. The normalized spacial score (nSPS) is 30.7. The molecule has 0 bridgehead atoms. The molecule has 6 N–H and O–H groups in total. The molecule has 262 valence electrons. The number of ether oxygens (including phenoxy) is 6. The Hall–Kier alpha value is -3.80. The minimum absolute atomic E-state index is 0.0182. The Bertz CT molecular complexity index is 1620. The number of phenols is 1. The van der Waals surface area contributed by atoms with Gasteiger partial charge in [-0.1, -0.05) is 13.8 Å². The van der Waals surface area contributed by atoms with Crippen molar-refractivity contribution in [2.24, 2.45) is 5.92 Å². The van der Waals surface area contributed by atoms with Crippen molar-refractivity contribution in [1.82, 2.24) is 0 Å². The molecule has 2 fully saturated rings. The van der Waals surface area contributed by atoms with Crippen LogP contribution in [0, 0.1) is 5.92 Å². The molecule has 1 aromatic heterocycles. The zero-order valence-corrected chi connectivity index (χ0v) is 26.7. The lowest BCUT2D eigenvalue weighted by molar-refractivity contribution is -0.319. The summed E-state index contributed by atoms with van der Waals surface area (Å²) >= 11 is 0. The fourth-order valence-corrected chi connectivity index (χ4v) is 5.52. The largest absolute Gasteiger partial charge is 0.507 e. The van der Waals surface area contributed by atoms with Gasteiger partial charge in [-0.05, 0) is 37.1 Å². The fourth-order valence-electron chi connectivity index (χ4n) is 5.52. The number of aromatic hydroxyl groups is 1. The van der Waals surface area contributed by atoms with E-state index in [-0.39, 0.29) is 34.8 Å². The van der Waals surface area contributed by atoms with Gasteiger partial charge in [0.1, 0.15) is 70.6 Å². The van der Waals surface area contributed by atoms with Crippen LogP contribution in [-0.2, 0) is 23.7 Å². The van der Waals surface area contributed by atoms with Gasteiger partial charge in [0, 0.05) is 30.2 Å². The number of rotatable bonds is 10. The fraction of sp³-hybridized carbons (Fsp3) is 0.515. The van der Waals surface area contributed by atoms with E-state index in [1.165, 1.54) is 26.2 Å². The molecule has 0 spiro atoms. The minimum atomic E-state index is -1.78. The molecule has 0 aliphatic carbocycles. The molecule has 10 unspecified atom stereocenters. The minimum Gasteiger partial charge on any atom is -0.507 e. The quantitative estimate of drug-likeness (QED) is 0.163. The van der Waals surface area contributed by atoms with Crippen LogP contribution in [0.5, 0.6) is 17.2 Å². The molecule has 2 aliphatic heterocycles. The number of esters is 1. The lowest BCUT2D eigenvalue weighted by atomic mass is 9.98. The number of benzene rings is 2. The maximum absolute atomic E-state index is 12.9. The van der Waals surface area contributed by atoms with Gasteiger partial charge in [0.2, 0.25) is 6.29 Å². The van der Waals surface area contributed by atoms with Crippen molar-refractivity contribution in [1.29, 1.82) is 0 Å². The lowest BCUT2D eigenvalue weighted by Crippen LogP contribution is -2.62. The maximum Gasteiger partial charge on any atom is 0.306 e. The second-order valence-corrected chi connectivity index (χ2v) is 12.2. The molecule has 48 heavy (non-hydrogen) atoms. The van der Waals surface area contributed by atoms with Crippen molar-refractivity contribution in [2.75, 3.05) is 13.7 Å². The Kier molecular flexibility index (Phi) is 10.9. The number of fused-ring (bicyclic) bond motifs is 1. The molecule has 0 amide bonds. The smallest absolute Gasteiger partial charge is 0.306 e. The van der Waals surface area contributed by atoms with Crippen LogP contribution < -0.4 is 14.9 Å². The van der Waals surface area contributed by atoms with Crippen LogP contribution in [-0.4, -0.2) is 112 Å². The molecule has 15 nitrogen and oxygen atoms in total. The summed E-state index contributed by atoms with van der Waals surface area (Å²) in [6, 6.07) is 10.4. The molecule has 3 aromatic rings. The number of aliphatic hydroxyl groups excluding tert-OH is 5. The number of phenolic OH excluding ortho intramolecular Hbond substituents is 1. The number of carbonyl (C=O) groups is 1. The van der Waals surface area contributed by atoms with E-state index in [1.54, 1.807) is 24.3 Å². The molecule has 5 rings (SSSR count). The Morgan fingerprint density at radius 1 is 0.875 bits per heavy atom. The Balaban J connectivity index is 1.28. The molecular weight excluding hydrogens is 636 g/mol. The van der Waals surface area contributed by atoms with Crippen molar-refractivity contribution in [3.8, 4) is 28.6 Å². The van der Waals surface area contributed by atoms with Crippen molar-refractivity contribution in [3.05, 3.63) is 52.7 Å². The first kappa shape index (κ1) is 35.5. The predicted molar refractivity (Wildman–Crippen MR) is 165 cm³/mol. The molecular formula is C33H40O15. The molecule has 3 heterocycles. The van der Waals surface area contributed by atoms with Crippen molar-refractivity contribution in [2.45, 2.75) is 88.6 Å². The van der Waals surface area contributed by atoms with Gasteiger partial charge in [-0.25, -0.2) is 0 Å². The first-order chi connectivity index (χ1) is 22.8. The topological polar surface area (TPSA) is 224 Å². The molecule has 2 saturated heterocycles. The van der Waals surface area contributed by atoms with Crippen molar-refractivity contribution >= 4 is 16.9 Å². The van der Waals surface area contributed by atoms with E-state index < -0.39 is 85.2 Å². The molecule has 0 saturated carbocycles. The summed E-state index contributed by atoms with van der Waals surface area (Å²) in [7, 11) is 1.52. The number of hydrogen-bond donors (Lipinski definition) is 6. The SMILES string of the molecule is COc1ccc(-c2cc(=O)c3c(O)cc(OC4OC(COC5OC(C)C(OC(=O)CC(C)C)C(O)C5O)C(O)C(O)C4O)cc3o2)cc1. The average molecular weight is 677 g/mol. The second kappa shape index (κ2) is 14.8. The third kappa shape index (κ3) is 7.58. The first-order valence-corrected chi connectivity index (χ1v) is 15.4. The predicted octanol–water partition coefficient (Wildman–Crippen LogP) is 0.802. The van der Waals surface area contributed by atoms with Gasteiger partial charge in [-0.15, -0.1) is 0 Å².